The SMILES string of the molecule is CCNC(=O)[C@@H](NC(=O)[C@H](C)NC[C@@H](N)CCc1ccccc1)C(C)C.Cl.Cl. The Balaban J connectivity index is 0. The van der Waals surface area contributed by atoms with Crippen molar-refractivity contribution >= 4 is 36.6 Å². The summed E-state index contributed by atoms with van der Waals surface area (Å²) in [5.74, 6) is -0.321. The molecule has 3 atom stereocenters. The number of benzene rings is 1. The molecule has 0 aliphatic carbocycles. The van der Waals surface area contributed by atoms with Crippen molar-refractivity contribution < 1.29 is 9.59 Å². The number of hydrogen-bond donors (Lipinski definition) is 4. The average molecular weight is 435 g/mol. The molecule has 162 valence electrons. The quantitative estimate of drug-likeness (QED) is 0.428. The number of carbonyl (C=O) groups is 2. The Bertz CT molecular complexity index is 558. The Morgan fingerprint density at radius 1 is 1.04 bits per heavy atom. The number of likely N-dealkylation sites (N-methyl/N-ethyl adjacent to an activating group) is 1. The zero-order valence-electron chi connectivity index (χ0n) is 17.2. The average Bonchev–Trinajstić information content (AvgIpc) is 2.62. The van der Waals surface area contributed by atoms with E-state index in [-0.39, 0.29) is 48.6 Å². The highest BCUT2D eigenvalue weighted by atomic mass is 35.5. The fraction of sp³-hybridized carbons (Fsp3) is 0.600. The van der Waals surface area contributed by atoms with Gasteiger partial charge in [-0.2, -0.15) is 0 Å². The second-order valence-corrected chi connectivity index (χ2v) is 7.04. The minimum absolute atomic E-state index is 0. The summed E-state index contributed by atoms with van der Waals surface area (Å²) in [5, 5.41) is 8.75. The number of nitrogens with one attached hydrogen (secondary N) is 3. The lowest BCUT2D eigenvalue weighted by Crippen LogP contribution is -2.54. The number of hydrogen-bond acceptors (Lipinski definition) is 4. The molecule has 0 spiro atoms. The first kappa shape index (κ1) is 28.9. The van der Waals surface area contributed by atoms with Crippen molar-refractivity contribution in [3.05, 3.63) is 35.9 Å². The first-order valence-corrected chi connectivity index (χ1v) is 9.46. The van der Waals surface area contributed by atoms with Gasteiger partial charge in [0, 0.05) is 19.1 Å². The molecule has 0 aliphatic rings. The Morgan fingerprint density at radius 3 is 2.18 bits per heavy atom. The summed E-state index contributed by atoms with van der Waals surface area (Å²) in [6.07, 6.45) is 1.76. The van der Waals surface area contributed by atoms with Crippen LogP contribution in [-0.4, -0.2) is 43.0 Å². The van der Waals surface area contributed by atoms with Crippen LogP contribution in [0.5, 0.6) is 0 Å². The fourth-order valence-corrected chi connectivity index (χ4v) is 2.62. The van der Waals surface area contributed by atoms with Crippen molar-refractivity contribution in [2.75, 3.05) is 13.1 Å². The molecule has 2 amide bonds. The lowest BCUT2D eigenvalue weighted by Gasteiger charge is -2.24. The summed E-state index contributed by atoms with van der Waals surface area (Å²) in [6, 6.07) is 9.24. The molecule has 1 aromatic rings. The maximum atomic E-state index is 12.4. The van der Waals surface area contributed by atoms with E-state index >= 15 is 0 Å². The topological polar surface area (TPSA) is 96.2 Å². The van der Waals surface area contributed by atoms with E-state index in [0.29, 0.717) is 13.1 Å². The van der Waals surface area contributed by atoms with Gasteiger partial charge in [-0.15, -0.1) is 24.8 Å². The Morgan fingerprint density at radius 2 is 1.64 bits per heavy atom. The van der Waals surface area contributed by atoms with Gasteiger partial charge in [0.2, 0.25) is 11.8 Å². The van der Waals surface area contributed by atoms with Crippen LogP contribution in [0.25, 0.3) is 0 Å². The molecule has 0 unspecified atom stereocenters. The van der Waals surface area contributed by atoms with Crippen molar-refractivity contribution in [1.29, 1.82) is 0 Å². The molecule has 0 radical (unpaired) electrons. The lowest BCUT2D eigenvalue weighted by atomic mass is 10.0. The van der Waals surface area contributed by atoms with Gasteiger partial charge in [0.25, 0.3) is 0 Å². The summed E-state index contributed by atoms with van der Waals surface area (Å²) >= 11 is 0. The minimum atomic E-state index is -0.529. The second kappa shape index (κ2) is 15.6. The van der Waals surface area contributed by atoms with Gasteiger partial charge in [-0.05, 0) is 38.2 Å². The number of carbonyl (C=O) groups excluding carboxylic acids is 2. The summed E-state index contributed by atoms with van der Waals surface area (Å²) in [7, 11) is 0. The highest BCUT2D eigenvalue weighted by Gasteiger charge is 2.25. The van der Waals surface area contributed by atoms with Crippen molar-refractivity contribution in [1.82, 2.24) is 16.0 Å². The molecule has 0 saturated carbocycles. The third-order valence-electron chi connectivity index (χ3n) is 4.32. The lowest BCUT2D eigenvalue weighted by molar-refractivity contribution is -0.130. The number of nitrogens with two attached hydrogens (primary N) is 1. The molecular weight excluding hydrogens is 399 g/mol. The van der Waals surface area contributed by atoms with E-state index in [2.05, 4.69) is 28.1 Å². The Labute approximate surface area is 181 Å². The van der Waals surface area contributed by atoms with E-state index in [1.807, 2.05) is 39.0 Å². The van der Waals surface area contributed by atoms with Crippen LogP contribution in [0.3, 0.4) is 0 Å². The van der Waals surface area contributed by atoms with Gasteiger partial charge in [0.05, 0.1) is 6.04 Å². The number of amides is 2. The number of aryl methyl sites for hydroxylation is 1. The van der Waals surface area contributed by atoms with Crippen LogP contribution >= 0.6 is 24.8 Å². The van der Waals surface area contributed by atoms with Gasteiger partial charge in [0.1, 0.15) is 6.04 Å². The number of rotatable bonds is 11. The van der Waals surface area contributed by atoms with Crippen molar-refractivity contribution in [3.8, 4) is 0 Å². The normalized spacial score (nSPS) is 13.5. The van der Waals surface area contributed by atoms with E-state index in [1.165, 1.54) is 5.56 Å². The molecule has 1 aromatic carbocycles. The summed E-state index contributed by atoms with van der Waals surface area (Å²) in [4.78, 5) is 24.4. The van der Waals surface area contributed by atoms with Crippen molar-refractivity contribution in [3.63, 3.8) is 0 Å². The third-order valence-corrected chi connectivity index (χ3v) is 4.32. The van der Waals surface area contributed by atoms with Crippen LogP contribution in [0.2, 0.25) is 0 Å². The highest BCUT2D eigenvalue weighted by molar-refractivity contribution is 5.89. The monoisotopic (exact) mass is 434 g/mol. The molecule has 8 heteroatoms. The molecule has 6 nitrogen and oxygen atoms in total. The van der Waals surface area contributed by atoms with E-state index in [1.54, 1.807) is 6.92 Å². The van der Waals surface area contributed by atoms with Crippen LogP contribution in [0.4, 0.5) is 0 Å². The van der Waals surface area contributed by atoms with Crippen molar-refractivity contribution in [2.45, 2.75) is 58.7 Å². The van der Waals surface area contributed by atoms with E-state index < -0.39 is 12.1 Å². The molecule has 0 bridgehead atoms. The van der Waals surface area contributed by atoms with Crippen LogP contribution in [0.1, 0.15) is 39.7 Å². The van der Waals surface area contributed by atoms with Crippen molar-refractivity contribution in [2.24, 2.45) is 11.7 Å². The predicted molar refractivity (Wildman–Crippen MR) is 120 cm³/mol. The molecular formula is C20H36Cl2N4O2. The van der Waals surface area contributed by atoms with Gasteiger partial charge < -0.3 is 21.7 Å². The summed E-state index contributed by atoms with van der Waals surface area (Å²) < 4.78 is 0. The molecule has 1 rings (SSSR count). The number of halogens is 2. The van der Waals surface area contributed by atoms with Gasteiger partial charge in [-0.1, -0.05) is 44.2 Å². The van der Waals surface area contributed by atoms with Gasteiger partial charge in [-0.3, -0.25) is 9.59 Å². The van der Waals surface area contributed by atoms with E-state index in [9.17, 15) is 9.59 Å². The van der Waals surface area contributed by atoms with E-state index in [4.69, 9.17) is 5.73 Å². The minimum Gasteiger partial charge on any atom is -0.355 e. The maximum absolute atomic E-state index is 12.4. The first-order valence-electron chi connectivity index (χ1n) is 9.46. The molecule has 28 heavy (non-hydrogen) atoms. The second-order valence-electron chi connectivity index (χ2n) is 7.04. The zero-order chi connectivity index (χ0) is 19.5. The first-order chi connectivity index (χ1) is 12.3. The fourth-order valence-electron chi connectivity index (χ4n) is 2.62. The zero-order valence-corrected chi connectivity index (χ0v) is 18.9. The molecule has 5 N–H and O–H groups in total. The largest absolute Gasteiger partial charge is 0.355 e. The van der Waals surface area contributed by atoms with Crippen LogP contribution < -0.4 is 21.7 Å². The van der Waals surface area contributed by atoms with Gasteiger partial charge >= 0.3 is 0 Å². The van der Waals surface area contributed by atoms with E-state index in [0.717, 1.165) is 12.8 Å². The molecule has 0 fully saturated rings. The van der Waals surface area contributed by atoms with Crippen LogP contribution in [0, 0.1) is 5.92 Å². The molecule has 0 saturated heterocycles. The highest BCUT2D eigenvalue weighted by Crippen LogP contribution is 2.04. The molecule has 0 heterocycles. The Kier molecular flexibility index (Phi) is 16.0. The Hall–Kier alpha value is -1.34. The molecule has 0 aromatic heterocycles. The molecule has 0 aliphatic heterocycles. The standard InChI is InChI=1S/C20H34N4O2.2ClH/c1-5-22-20(26)18(14(2)3)24-19(25)15(4)23-13-17(21)12-11-16-9-7-6-8-10-16;;/h6-10,14-15,17-18,23H,5,11-13,21H2,1-4H3,(H,22,26)(H,24,25);2*1H/t15-,17-,18-;;/m0../s1. The summed E-state index contributed by atoms with van der Waals surface area (Å²) in [6.45, 7) is 8.57. The van der Waals surface area contributed by atoms with Crippen LogP contribution in [-0.2, 0) is 16.0 Å². The van der Waals surface area contributed by atoms with Gasteiger partial charge in [-0.25, -0.2) is 0 Å². The predicted octanol–water partition coefficient (Wildman–Crippen LogP) is 2.05. The third kappa shape index (κ3) is 10.9. The van der Waals surface area contributed by atoms with Crippen LogP contribution in [0.15, 0.2) is 30.3 Å². The van der Waals surface area contributed by atoms with Gasteiger partial charge in [0.15, 0.2) is 0 Å². The maximum Gasteiger partial charge on any atom is 0.242 e. The summed E-state index contributed by atoms with van der Waals surface area (Å²) in [5.41, 5.74) is 7.41. The smallest absolute Gasteiger partial charge is 0.242 e.